The molecule has 2 aliphatic carbocycles. The molecule has 41 heavy (non-hydrogen) atoms. The smallest absolute Gasteiger partial charge is 0.223 e. The van der Waals surface area contributed by atoms with Crippen LogP contribution in [0.3, 0.4) is 0 Å². The summed E-state index contributed by atoms with van der Waals surface area (Å²) >= 11 is 6.56. The summed E-state index contributed by atoms with van der Waals surface area (Å²) in [6.45, 7) is 1.14. The molecule has 2 aromatic heterocycles. The van der Waals surface area contributed by atoms with Gasteiger partial charge in [-0.2, -0.15) is 14.7 Å². The fourth-order valence-electron chi connectivity index (χ4n) is 4.95. The minimum atomic E-state index is -3.44. The Balaban J connectivity index is 1.15. The number of alkyl halides is 1. The number of halogens is 2. The van der Waals surface area contributed by atoms with Crippen molar-refractivity contribution in [1.29, 1.82) is 5.26 Å². The van der Waals surface area contributed by atoms with Gasteiger partial charge in [-0.1, -0.05) is 17.7 Å². The SMILES string of the molecule is N#Cc1cnc(N[C@H]2CCN(S(=O)(=O)C3CC3)C[C@H]2F)nc1-c1cnn(-c2ccc(CNCC3(O)CC3)cc2Cl)c1. The lowest BCUT2D eigenvalue weighted by Gasteiger charge is -2.34. The molecule has 3 heterocycles. The van der Waals surface area contributed by atoms with Gasteiger partial charge in [0.1, 0.15) is 12.2 Å². The molecule has 3 fully saturated rings. The van der Waals surface area contributed by atoms with E-state index in [-0.39, 0.29) is 36.3 Å². The first kappa shape index (κ1) is 28.0. The number of nitriles is 1. The zero-order valence-electron chi connectivity index (χ0n) is 22.2. The van der Waals surface area contributed by atoms with Crippen LogP contribution in [0.5, 0.6) is 0 Å². The molecular formula is C27H30ClFN8O3S. The molecule has 1 aromatic carbocycles. The number of rotatable bonds is 10. The third kappa shape index (κ3) is 6.07. The van der Waals surface area contributed by atoms with Crippen molar-refractivity contribution in [2.45, 2.75) is 61.7 Å². The Morgan fingerprint density at radius 1 is 1.24 bits per heavy atom. The topological polar surface area (TPSA) is 149 Å². The Kier molecular flexibility index (Phi) is 7.46. The lowest BCUT2D eigenvalue weighted by Crippen LogP contribution is -2.50. The molecule has 1 saturated heterocycles. The highest BCUT2D eigenvalue weighted by atomic mass is 35.5. The van der Waals surface area contributed by atoms with Crippen molar-refractivity contribution in [3.8, 4) is 23.0 Å². The van der Waals surface area contributed by atoms with Crippen LogP contribution in [0.15, 0.2) is 36.8 Å². The van der Waals surface area contributed by atoms with E-state index in [1.807, 2.05) is 18.2 Å². The van der Waals surface area contributed by atoms with Crippen LogP contribution in [0.4, 0.5) is 10.3 Å². The number of hydrogen-bond acceptors (Lipinski definition) is 9. The van der Waals surface area contributed by atoms with E-state index in [4.69, 9.17) is 11.6 Å². The Morgan fingerprint density at radius 3 is 2.73 bits per heavy atom. The summed E-state index contributed by atoms with van der Waals surface area (Å²) < 4.78 is 42.9. The number of benzene rings is 1. The summed E-state index contributed by atoms with van der Waals surface area (Å²) in [4.78, 5) is 8.68. The molecule has 14 heteroatoms. The fourth-order valence-corrected chi connectivity index (χ4v) is 7.10. The normalized spacial score (nSPS) is 22.3. The van der Waals surface area contributed by atoms with Crippen molar-refractivity contribution in [2.24, 2.45) is 0 Å². The van der Waals surface area contributed by atoms with Gasteiger partial charge in [0.2, 0.25) is 16.0 Å². The van der Waals surface area contributed by atoms with E-state index in [1.54, 1.807) is 17.1 Å². The summed E-state index contributed by atoms with van der Waals surface area (Å²) in [5.41, 5.74) is 2.14. The summed E-state index contributed by atoms with van der Waals surface area (Å²) in [6.07, 6.45) is 6.39. The highest BCUT2D eigenvalue weighted by Gasteiger charge is 2.43. The van der Waals surface area contributed by atoms with Crippen LogP contribution in [0, 0.1) is 11.3 Å². The number of sulfonamides is 1. The van der Waals surface area contributed by atoms with E-state index in [0.29, 0.717) is 47.9 Å². The first-order valence-corrected chi connectivity index (χ1v) is 15.5. The second-order valence-corrected chi connectivity index (χ2v) is 13.6. The second kappa shape index (κ2) is 10.9. The molecule has 0 unspecified atom stereocenters. The van der Waals surface area contributed by atoms with Gasteiger partial charge in [0.25, 0.3) is 0 Å². The van der Waals surface area contributed by atoms with Gasteiger partial charge < -0.3 is 15.7 Å². The zero-order valence-corrected chi connectivity index (χ0v) is 23.7. The average Bonchev–Trinajstić information content (AvgIpc) is 3.88. The number of nitrogens with zero attached hydrogens (tertiary/aromatic N) is 6. The second-order valence-electron chi connectivity index (χ2n) is 11.0. The van der Waals surface area contributed by atoms with Crippen molar-refractivity contribution in [3.05, 3.63) is 52.9 Å². The molecule has 0 bridgehead atoms. The highest BCUT2D eigenvalue weighted by Crippen LogP contribution is 2.35. The molecule has 2 atom stereocenters. The lowest BCUT2D eigenvalue weighted by atomic mass is 10.1. The molecular weight excluding hydrogens is 571 g/mol. The molecule has 3 aliphatic rings. The van der Waals surface area contributed by atoms with E-state index >= 15 is 4.39 Å². The Labute approximate surface area is 242 Å². The van der Waals surface area contributed by atoms with Crippen molar-refractivity contribution in [2.75, 3.05) is 25.0 Å². The van der Waals surface area contributed by atoms with Crippen molar-refractivity contribution >= 4 is 27.6 Å². The molecule has 3 aromatic rings. The maximum atomic E-state index is 15.0. The number of hydrogen-bond donors (Lipinski definition) is 3. The zero-order chi connectivity index (χ0) is 28.8. The number of piperidine rings is 1. The van der Waals surface area contributed by atoms with Gasteiger partial charge in [0.15, 0.2) is 0 Å². The van der Waals surface area contributed by atoms with Crippen LogP contribution in [0.1, 0.15) is 43.2 Å². The Morgan fingerprint density at radius 2 is 2.05 bits per heavy atom. The monoisotopic (exact) mass is 600 g/mol. The third-order valence-electron chi connectivity index (χ3n) is 7.76. The molecule has 1 aliphatic heterocycles. The largest absolute Gasteiger partial charge is 0.389 e. The molecule has 216 valence electrons. The van der Waals surface area contributed by atoms with Crippen LogP contribution in [0.25, 0.3) is 16.9 Å². The van der Waals surface area contributed by atoms with Crippen molar-refractivity contribution in [1.82, 2.24) is 29.4 Å². The molecule has 0 radical (unpaired) electrons. The number of anilines is 1. The summed E-state index contributed by atoms with van der Waals surface area (Å²) in [7, 11) is -3.44. The van der Waals surface area contributed by atoms with Crippen molar-refractivity contribution in [3.63, 3.8) is 0 Å². The first-order valence-electron chi connectivity index (χ1n) is 13.6. The molecule has 2 saturated carbocycles. The van der Waals surface area contributed by atoms with Gasteiger partial charge in [-0.3, -0.25) is 0 Å². The van der Waals surface area contributed by atoms with Crippen LogP contribution in [-0.2, 0) is 16.6 Å². The number of aliphatic hydroxyl groups is 1. The lowest BCUT2D eigenvalue weighted by molar-refractivity contribution is 0.147. The molecule has 11 nitrogen and oxygen atoms in total. The van der Waals surface area contributed by atoms with Gasteiger partial charge in [0, 0.05) is 37.9 Å². The van der Waals surface area contributed by atoms with E-state index < -0.39 is 27.8 Å². The molecule has 6 rings (SSSR count). The summed E-state index contributed by atoms with van der Waals surface area (Å²) in [5.74, 6) is 0.142. The van der Waals surface area contributed by atoms with Gasteiger partial charge in [-0.05, 0) is 49.8 Å². The van der Waals surface area contributed by atoms with E-state index in [1.165, 1.54) is 10.5 Å². The van der Waals surface area contributed by atoms with E-state index in [2.05, 4.69) is 31.8 Å². The predicted octanol–water partition coefficient (Wildman–Crippen LogP) is 2.79. The summed E-state index contributed by atoms with van der Waals surface area (Å²) in [6, 6.07) is 7.03. The van der Waals surface area contributed by atoms with Crippen LogP contribution < -0.4 is 10.6 Å². The van der Waals surface area contributed by atoms with Crippen LogP contribution in [0.2, 0.25) is 5.02 Å². The van der Waals surface area contributed by atoms with Crippen LogP contribution >= 0.6 is 11.6 Å². The standard InChI is InChI=1S/C27H30ClFN8O3S/c28-21-9-17(11-31-16-27(38)6-7-27)1-4-24(21)37-14-19(13-33-37)25-18(10-30)12-32-26(35-25)34-23-5-8-36(15-22(23)29)41(39,40)20-2-3-20/h1,4,9,12-14,20,22-23,31,38H,2-3,5-8,11,15-16H2,(H,32,34,35)/t22-,23+/m1/s1. The minimum Gasteiger partial charge on any atom is -0.389 e. The molecule has 0 spiro atoms. The third-order valence-corrected chi connectivity index (χ3v) is 10.4. The minimum absolute atomic E-state index is 0.142. The number of aromatic nitrogens is 4. The highest BCUT2D eigenvalue weighted by molar-refractivity contribution is 7.90. The van der Waals surface area contributed by atoms with Gasteiger partial charge in [0.05, 0.1) is 51.3 Å². The van der Waals surface area contributed by atoms with Crippen molar-refractivity contribution < 1.29 is 17.9 Å². The van der Waals surface area contributed by atoms with E-state index in [0.717, 1.165) is 18.4 Å². The van der Waals surface area contributed by atoms with Gasteiger partial charge in [-0.15, -0.1) is 0 Å². The van der Waals surface area contributed by atoms with Gasteiger partial charge >= 0.3 is 0 Å². The quantitative estimate of drug-likeness (QED) is 0.319. The predicted molar refractivity (Wildman–Crippen MR) is 151 cm³/mol. The maximum Gasteiger partial charge on any atom is 0.223 e. The fraction of sp³-hybridized carbons (Fsp3) is 0.481. The number of nitrogens with one attached hydrogen (secondary N) is 2. The first-order chi connectivity index (χ1) is 19.6. The summed E-state index contributed by atoms with van der Waals surface area (Å²) in [5, 5.41) is 30.4. The Hall–Kier alpha value is -3.15. The van der Waals surface area contributed by atoms with Crippen LogP contribution in [-0.4, -0.2) is 80.3 Å². The Bertz CT molecular complexity index is 1600. The molecule has 3 N–H and O–H groups in total. The van der Waals surface area contributed by atoms with E-state index in [9.17, 15) is 18.8 Å². The average molecular weight is 601 g/mol. The maximum absolute atomic E-state index is 15.0. The molecule has 0 amide bonds. The van der Waals surface area contributed by atoms with Gasteiger partial charge in [-0.25, -0.2) is 27.5 Å².